The summed E-state index contributed by atoms with van der Waals surface area (Å²) in [7, 11) is 1.76. The maximum atomic E-state index is 13.2. The van der Waals surface area contributed by atoms with Gasteiger partial charge in [0.05, 0.1) is 5.56 Å². The monoisotopic (exact) mass is 500 g/mol. The quantitative estimate of drug-likeness (QED) is 0.484. The van der Waals surface area contributed by atoms with Gasteiger partial charge >= 0.3 is 6.18 Å². The molecule has 0 aliphatic heterocycles. The Hall–Kier alpha value is -3.43. The number of carbonyl (C=O) groups excluding carboxylic acids is 1. The number of carbonyl (C=O) groups is 1. The van der Waals surface area contributed by atoms with Gasteiger partial charge in [0.15, 0.2) is 5.82 Å². The van der Waals surface area contributed by atoms with Gasteiger partial charge < -0.3 is 16.0 Å². The third kappa shape index (κ3) is 6.41. The average molecular weight is 501 g/mol. The van der Waals surface area contributed by atoms with Crippen molar-refractivity contribution < 1.29 is 18.0 Å². The molecule has 2 aliphatic rings. The summed E-state index contributed by atoms with van der Waals surface area (Å²) in [5.74, 6) is 1.60. The largest absolute Gasteiger partial charge is 0.416 e. The first-order chi connectivity index (χ1) is 17.2. The van der Waals surface area contributed by atoms with Gasteiger partial charge in [-0.2, -0.15) is 28.1 Å². The van der Waals surface area contributed by atoms with E-state index in [1.54, 1.807) is 13.1 Å². The molecule has 1 aromatic heterocycles. The summed E-state index contributed by atoms with van der Waals surface area (Å²) in [6.45, 7) is 2.01. The van der Waals surface area contributed by atoms with Crippen molar-refractivity contribution in [2.75, 3.05) is 17.7 Å². The number of halogens is 3. The molecule has 10 heteroatoms. The predicted octanol–water partition coefficient (Wildman–Crippen LogP) is 5.20. The fraction of sp³-hybridized carbons (Fsp3) is 0.462. The smallest absolute Gasteiger partial charge is 0.357 e. The summed E-state index contributed by atoms with van der Waals surface area (Å²) in [4.78, 5) is 26.2. The Morgan fingerprint density at radius 2 is 1.78 bits per heavy atom. The molecule has 1 saturated carbocycles. The van der Waals surface area contributed by atoms with Crippen LogP contribution in [0.2, 0.25) is 0 Å². The van der Waals surface area contributed by atoms with E-state index in [0.717, 1.165) is 30.9 Å². The number of aromatic nitrogens is 3. The number of hydrogen-bond donors (Lipinski definition) is 3. The van der Waals surface area contributed by atoms with Gasteiger partial charge in [-0.3, -0.25) is 4.79 Å². The van der Waals surface area contributed by atoms with E-state index in [9.17, 15) is 18.0 Å². The number of benzene rings is 1. The van der Waals surface area contributed by atoms with Gasteiger partial charge in [-0.1, -0.05) is 43.4 Å². The molecule has 1 fully saturated rings. The molecule has 1 aromatic carbocycles. The molecule has 1 amide bonds. The molecule has 0 bridgehead atoms. The van der Waals surface area contributed by atoms with Crippen LogP contribution in [-0.4, -0.2) is 33.9 Å². The van der Waals surface area contributed by atoms with Gasteiger partial charge in [-0.25, -0.2) is 0 Å². The molecule has 0 radical (unpaired) electrons. The number of hydrogen-bond acceptors (Lipinski definition) is 6. The minimum Gasteiger partial charge on any atom is -0.357 e. The van der Waals surface area contributed by atoms with Crippen LogP contribution in [0.15, 0.2) is 42.5 Å². The van der Waals surface area contributed by atoms with E-state index < -0.39 is 11.7 Å². The fourth-order valence-corrected chi connectivity index (χ4v) is 4.53. The molecule has 1 heterocycles. The summed E-state index contributed by atoms with van der Waals surface area (Å²) >= 11 is 0. The first-order valence-electron chi connectivity index (χ1n) is 12.2. The van der Waals surface area contributed by atoms with Gasteiger partial charge in [0.25, 0.3) is 0 Å². The lowest BCUT2D eigenvalue weighted by atomic mass is 9.85. The molecule has 0 spiro atoms. The van der Waals surface area contributed by atoms with E-state index in [0.29, 0.717) is 36.5 Å². The van der Waals surface area contributed by atoms with Crippen LogP contribution in [0.3, 0.4) is 0 Å². The van der Waals surface area contributed by atoms with Crippen molar-refractivity contribution in [1.82, 2.24) is 20.3 Å². The van der Waals surface area contributed by atoms with Crippen LogP contribution in [0.25, 0.3) is 5.57 Å². The molecule has 3 N–H and O–H groups in total. The lowest BCUT2D eigenvalue weighted by molar-refractivity contribution is -0.138. The summed E-state index contributed by atoms with van der Waals surface area (Å²) in [5.41, 5.74) is 0.310. The second kappa shape index (κ2) is 11.1. The van der Waals surface area contributed by atoms with E-state index >= 15 is 0 Å². The van der Waals surface area contributed by atoms with Crippen LogP contribution in [0.4, 0.5) is 25.1 Å². The highest BCUT2D eigenvalue weighted by Gasteiger charge is 2.33. The van der Waals surface area contributed by atoms with Crippen molar-refractivity contribution in [3.8, 4) is 0 Å². The highest BCUT2D eigenvalue weighted by atomic mass is 19.4. The summed E-state index contributed by atoms with van der Waals surface area (Å²) < 4.78 is 39.6. The van der Waals surface area contributed by atoms with Gasteiger partial charge in [0.2, 0.25) is 17.8 Å². The van der Waals surface area contributed by atoms with E-state index in [-0.39, 0.29) is 30.0 Å². The number of nitrogens with one attached hydrogen (secondary N) is 3. The maximum Gasteiger partial charge on any atom is 0.416 e. The molecule has 1 unspecified atom stereocenters. The highest BCUT2D eigenvalue weighted by molar-refractivity contribution is 5.78. The number of amides is 1. The fourth-order valence-electron chi connectivity index (χ4n) is 4.53. The summed E-state index contributed by atoms with van der Waals surface area (Å²) in [5, 5.41) is 9.05. The van der Waals surface area contributed by atoms with Crippen LogP contribution in [-0.2, 0) is 17.5 Å². The number of anilines is 2. The van der Waals surface area contributed by atoms with E-state index in [4.69, 9.17) is 0 Å². The number of rotatable bonds is 7. The molecular weight excluding hydrogens is 469 g/mol. The molecule has 4 rings (SSSR count). The molecule has 36 heavy (non-hydrogen) atoms. The second-order valence-corrected chi connectivity index (χ2v) is 9.35. The zero-order valence-electron chi connectivity index (χ0n) is 20.4. The number of nitrogens with zero attached hydrogens (tertiary/aromatic N) is 3. The zero-order chi connectivity index (χ0) is 25.7. The highest BCUT2D eigenvalue weighted by Crippen LogP contribution is 2.32. The topological polar surface area (TPSA) is 91.8 Å². The van der Waals surface area contributed by atoms with Crippen molar-refractivity contribution in [3.05, 3.63) is 59.4 Å². The van der Waals surface area contributed by atoms with Gasteiger partial charge in [-0.15, -0.1) is 0 Å². The Bertz CT molecular complexity index is 1140. The lowest BCUT2D eigenvalue weighted by Gasteiger charge is -2.28. The molecule has 7 nitrogen and oxygen atoms in total. The molecule has 192 valence electrons. The Balaban J connectivity index is 1.32. The standard InChI is InChI=1S/C26H31F3N6O/c1-16-7-9-17(10-8-16)22-33-24(30-2)35-25(34-22)32-20-13-11-18(12-14-20)23(36)31-15-19-5-3-4-6-21(19)26(27,28)29/h3-7,9-10,16,18,20H,8,11-15H2,1-2H3,(H,31,36)(H2,30,32,33,34,35). The summed E-state index contributed by atoms with van der Waals surface area (Å²) in [6, 6.07) is 5.41. The van der Waals surface area contributed by atoms with E-state index in [1.807, 2.05) is 6.08 Å². The van der Waals surface area contributed by atoms with Crippen LogP contribution in [0.1, 0.15) is 56.0 Å². The van der Waals surface area contributed by atoms with Crippen LogP contribution in [0.5, 0.6) is 0 Å². The maximum absolute atomic E-state index is 13.2. The molecule has 2 aliphatic carbocycles. The van der Waals surface area contributed by atoms with Crippen molar-refractivity contribution in [3.63, 3.8) is 0 Å². The Morgan fingerprint density at radius 1 is 1.06 bits per heavy atom. The first-order valence-corrected chi connectivity index (χ1v) is 12.2. The number of alkyl halides is 3. The van der Waals surface area contributed by atoms with Crippen LogP contribution >= 0.6 is 0 Å². The minimum atomic E-state index is -4.45. The van der Waals surface area contributed by atoms with Gasteiger partial charge in [0.1, 0.15) is 0 Å². The number of allylic oxidation sites excluding steroid dienone is 4. The normalized spacial score (nSPS) is 22.0. The Labute approximate surface area is 208 Å². The summed E-state index contributed by atoms with van der Waals surface area (Å²) in [6.07, 6.45) is 5.50. The molecule has 2 aromatic rings. The predicted molar refractivity (Wildman–Crippen MR) is 133 cm³/mol. The average Bonchev–Trinajstić information content (AvgIpc) is 2.87. The van der Waals surface area contributed by atoms with E-state index in [1.165, 1.54) is 12.1 Å². The lowest BCUT2D eigenvalue weighted by Crippen LogP contribution is -2.36. The Morgan fingerprint density at radius 3 is 2.44 bits per heavy atom. The van der Waals surface area contributed by atoms with Crippen molar-refractivity contribution in [2.45, 2.75) is 57.8 Å². The third-order valence-corrected chi connectivity index (χ3v) is 6.64. The Kier molecular flexibility index (Phi) is 7.91. The van der Waals surface area contributed by atoms with E-state index in [2.05, 4.69) is 50.0 Å². The molecule has 0 saturated heterocycles. The van der Waals surface area contributed by atoms with Gasteiger partial charge in [0, 0.05) is 31.1 Å². The van der Waals surface area contributed by atoms with Crippen molar-refractivity contribution in [2.24, 2.45) is 11.8 Å². The SMILES string of the molecule is CNc1nc(NC2CCC(C(=O)NCc3ccccc3C(F)(F)F)CC2)nc(C2=CCC(C)C=C2)n1. The molecule has 1 atom stereocenters. The second-order valence-electron chi connectivity index (χ2n) is 9.35. The zero-order valence-corrected chi connectivity index (χ0v) is 20.4. The molecular formula is C26H31F3N6O. The van der Waals surface area contributed by atoms with Gasteiger partial charge in [-0.05, 0) is 49.7 Å². The first kappa shape index (κ1) is 25.7. The van der Waals surface area contributed by atoms with Crippen LogP contribution < -0.4 is 16.0 Å². The van der Waals surface area contributed by atoms with Crippen molar-refractivity contribution >= 4 is 23.4 Å². The minimum absolute atomic E-state index is 0.0667. The van der Waals surface area contributed by atoms with Crippen molar-refractivity contribution in [1.29, 1.82) is 0 Å². The van der Waals surface area contributed by atoms with Crippen LogP contribution in [0, 0.1) is 11.8 Å². The third-order valence-electron chi connectivity index (χ3n) is 6.64.